The van der Waals surface area contributed by atoms with E-state index in [1.807, 2.05) is 0 Å². The highest BCUT2D eigenvalue weighted by Crippen LogP contribution is 2.29. The van der Waals surface area contributed by atoms with Gasteiger partial charge in [0.2, 0.25) is 0 Å². The van der Waals surface area contributed by atoms with E-state index in [4.69, 9.17) is 16.7 Å². The molecule has 0 bridgehead atoms. The first-order valence-corrected chi connectivity index (χ1v) is 9.49. The Morgan fingerprint density at radius 3 is 2.80 bits per heavy atom. The van der Waals surface area contributed by atoms with Gasteiger partial charge in [-0.25, -0.2) is 9.97 Å². The summed E-state index contributed by atoms with van der Waals surface area (Å²) < 4.78 is 0. The van der Waals surface area contributed by atoms with Crippen LogP contribution in [0.1, 0.15) is 42.5 Å². The Hall–Kier alpha value is -1.79. The number of hydrogen-bond acceptors (Lipinski definition) is 5. The first-order chi connectivity index (χ1) is 11.9. The van der Waals surface area contributed by atoms with Crippen molar-refractivity contribution in [3.05, 3.63) is 46.1 Å². The van der Waals surface area contributed by atoms with Gasteiger partial charge in [-0.3, -0.25) is 4.79 Å². The monoisotopic (exact) mass is 379 g/mol. The fraction of sp³-hybridized carbons (Fsp3) is 0.389. The molecule has 0 aliphatic heterocycles. The Bertz CT molecular complexity index is 755. The highest BCUT2D eigenvalue weighted by molar-refractivity contribution is 7.99. The Balaban J connectivity index is 2.27. The second kappa shape index (κ2) is 9.06. The van der Waals surface area contributed by atoms with Crippen LogP contribution in [0.25, 0.3) is 0 Å². The van der Waals surface area contributed by atoms with Gasteiger partial charge < -0.3 is 10.4 Å². The molecular weight excluding hydrogens is 358 g/mol. The van der Waals surface area contributed by atoms with E-state index in [9.17, 15) is 4.79 Å². The predicted octanol–water partition coefficient (Wildman–Crippen LogP) is 4.88. The SMILES string of the molecule is CCCC(Nc1cc(Cl)nc(SCC(=O)O)n1)c1cccc(C)c1C. The molecule has 1 unspecified atom stereocenters. The number of carboxylic acid groups (broad SMARTS) is 1. The van der Waals surface area contributed by atoms with E-state index in [-0.39, 0.29) is 11.8 Å². The number of anilines is 1. The van der Waals surface area contributed by atoms with Crippen LogP contribution in [0.5, 0.6) is 0 Å². The predicted molar refractivity (Wildman–Crippen MR) is 103 cm³/mol. The summed E-state index contributed by atoms with van der Waals surface area (Å²) >= 11 is 7.13. The number of carboxylic acids is 1. The molecule has 25 heavy (non-hydrogen) atoms. The van der Waals surface area contributed by atoms with E-state index >= 15 is 0 Å². The van der Waals surface area contributed by atoms with Crippen molar-refractivity contribution in [3.63, 3.8) is 0 Å². The van der Waals surface area contributed by atoms with Gasteiger partial charge in [0.1, 0.15) is 11.0 Å². The Kier molecular flexibility index (Phi) is 7.08. The minimum absolute atomic E-state index is 0.102. The van der Waals surface area contributed by atoms with Crippen LogP contribution >= 0.6 is 23.4 Å². The second-order valence-corrected chi connectivity index (χ2v) is 7.15. The first kappa shape index (κ1) is 19.5. The highest BCUT2D eigenvalue weighted by atomic mass is 35.5. The lowest BCUT2D eigenvalue weighted by Crippen LogP contribution is -2.14. The lowest BCUT2D eigenvalue weighted by molar-refractivity contribution is -0.133. The molecule has 134 valence electrons. The molecule has 1 atom stereocenters. The van der Waals surface area contributed by atoms with E-state index < -0.39 is 5.97 Å². The number of rotatable bonds is 8. The van der Waals surface area contributed by atoms with Crippen LogP contribution in [0, 0.1) is 13.8 Å². The zero-order chi connectivity index (χ0) is 18.4. The van der Waals surface area contributed by atoms with Gasteiger partial charge in [-0.05, 0) is 37.0 Å². The average Bonchev–Trinajstić information content (AvgIpc) is 2.55. The number of nitrogens with one attached hydrogen (secondary N) is 1. The summed E-state index contributed by atoms with van der Waals surface area (Å²) in [6.07, 6.45) is 1.97. The molecule has 0 saturated heterocycles. The molecule has 0 spiro atoms. The van der Waals surface area contributed by atoms with Crippen LogP contribution < -0.4 is 5.32 Å². The van der Waals surface area contributed by atoms with E-state index in [1.54, 1.807) is 6.07 Å². The Labute approximate surface area is 157 Å². The highest BCUT2D eigenvalue weighted by Gasteiger charge is 2.16. The second-order valence-electron chi connectivity index (χ2n) is 5.82. The van der Waals surface area contributed by atoms with Crippen molar-refractivity contribution < 1.29 is 9.90 Å². The molecule has 2 N–H and O–H groups in total. The van der Waals surface area contributed by atoms with Crippen LogP contribution in [0.3, 0.4) is 0 Å². The molecule has 0 fully saturated rings. The van der Waals surface area contributed by atoms with Crippen molar-refractivity contribution in [1.82, 2.24) is 9.97 Å². The third-order valence-corrected chi connectivity index (χ3v) is 4.95. The van der Waals surface area contributed by atoms with Gasteiger partial charge in [0.15, 0.2) is 5.16 Å². The molecule has 0 radical (unpaired) electrons. The third-order valence-electron chi connectivity index (χ3n) is 3.92. The number of halogens is 1. The van der Waals surface area contributed by atoms with Crippen LogP contribution in [0.15, 0.2) is 29.4 Å². The summed E-state index contributed by atoms with van der Waals surface area (Å²) in [5, 5.41) is 12.9. The van der Waals surface area contributed by atoms with Crippen molar-refractivity contribution in [3.8, 4) is 0 Å². The molecule has 2 rings (SSSR count). The summed E-state index contributed by atoms with van der Waals surface area (Å²) in [6.45, 7) is 6.36. The van der Waals surface area contributed by atoms with Crippen molar-refractivity contribution in [1.29, 1.82) is 0 Å². The number of hydrogen-bond donors (Lipinski definition) is 2. The van der Waals surface area contributed by atoms with Gasteiger partial charge in [0.25, 0.3) is 0 Å². The first-order valence-electron chi connectivity index (χ1n) is 8.12. The van der Waals surface area contributed by atoms with Crippen molar-refractivity contribution in [2.75, 3.05) is 11.1 Å². The Morgan fingerprint density at radius 2 is 2.12 bits per heavy atom. The largest absolute Gasteiger partial charge is 0.481 e. The summed E-state index contributed by atoms with van der Waals surface area (Å²) in [6, 6.07) is 8.06. The van der Waals surface area contributed by atoms with Crippen LogP contribution in [0.2, 0.25) is 5.15 Å². The number of thioether (sulfide) groups is 1. The van der Waals surface area contributed by atoms with Gasteiger partial charge in [-0.2, -0.15) is 0 Å². The summed E-state index contributed by atoms with van der Waals surface area (Å²) in [4.78, 5) is 19.2. The van der Waals surface area contributed by atoms with E-state index in [0.717, 1.165) is 24.6 Å². The molecule has 0 aliphatic rings. The number of aromatic nitrogens is 2. The summed E-state index contributed by atoms with van der Waals surface area (Å²) in [5.41, 5.74) is 3.74. The number of benzene rings is 1. The third kappa shape index (κ3) is 5.61. The quantitative estimate of drug-likeness (QED) is 0.387. The Morgan fingerprint density at radius 1 is 1.36 bits per heavy atom. The smallest absolute Gasteiger partial charge is 0.313 e. The van der Waals surface area contributed by atoms with Crippen LogP contribution in [0.4, 0.5) is 5.82 Å². The lowest BCUT2D eigenvalue weighted by atomic mass is 9.95. The zero-order valence-electron chi connectivity index (χ0n) is 14.5. The van der Waals surface area contributed by atoms with Crippen molar-refractivity contribution in [2.24, 2.45) is 0 Å². The molecule has 1 aromatic heterocycles. The fourth-order valence-corrected chi connectivity index (χ4v) is 3.40. The molecule has 2 aromatic rings. The molecule has 7 heteroatoms. The number of aryl methyl sites for hydroxylation is 1. The van der Waals surface area contributed by atoms with Gasteiger partial charge in [0, 0.05) is 6.07 Å². The van der Waals surface area contributed by atoms with Gasteiger partial charge in [-0.1, -0.05) is 54.9 Å². The van der Waals surface area contributed by atoms with Crippen LogP contribution in [-0.2, 0) is 4.79 Å². The molecule has 1 aromatic carbocycles. The lowest BCUT2D eigenvalue weighted by Gasteiger charge is -2.22. The maximum Gasteiger partial charge on any atom is 0.313 e. The van der Waals surface area contributed by atoms with Gasteiger partial charge in [-0.15, -0.1) is 0 Å². The van der Waals surface area contributed by atoms with Crippen molar-refractivity contribution in [2.45, 2.75) is 44.8 Å². The normalized spacial score (nSPS) is 12.0. The summed E-state index contributed by atoms with van der Waals surface area (Å²) in [7, 11) is 0. The standard InChI is InChI=1S/C18H22ClN3O2S/c1-4-6-14(13-8-5-7-11(2)12(13)3)20-16-9-15(19)21-18(22-16)25-10-17(23)24/h5,7-9,14H,4,6,10H2,1-3H3,(H,23,24)(H,20,21,22). The molecule has 1 heterocycles. The van der Waals surface area contributed by atoms with Crippen molar-refractivity contribution >= 4 is 35.1 Å². The zero-order valence-corrected chi connectivity index (χ0v) is 16.1. The molecule has 0 saturated carbocycles. The number of nitrogens with zero attached hydrogens (tertiary/aromatic N) is 2. The molecule has 0 amide bonds. The average molecular weight is 380 g/mol. The van der Waals surface area contributed by atoms with E-state index in [2.05, 4.69) is 54.3 Å². The number of aliphatic carboxylic acids is 1. The summed E-state index contributed by atoms with van der Waals surface area (Å²) in [5.74, 6) is -0.413. The maximum atomic E-state index is 10.7. The minimum atomic E-state index is -0.915. The van der Waals surface area contributed by atoms with Gasteiger partial charge in [0.05, 0.1) is 11.8 Å². The number of carbonyl (C=O) groups is 1. The molecule has 5 nitrogen and oxygen atoms in total. The van der Waals surface area contributed by atoms with Crippen LogP contribution in [-0.4, -0.2) is 26.8 Å². The fourth-order valence-electron chi connectivity index (χ4n) is 2.59. The topological polar surface area (TPSA) is 75.1 Å². The molecule has 0 aliphatic carbocycles. The van der Waals surface area contributed by atoms with E-state index in [0.29, 0.717) is 16.1 Å². The minimum Gasteiger partial charge on any atom is -0.481 e. The maximum absolute atomic E-state index is 10.7. The van der Waals surface area contributed by atoms with Gasteiger partial charge >= 0.3 is 5.97 Å². The van der Waals surface area contributed by atoms with E-state index in [1.165, 1.54) is 16.7 Å². The molecular formula is C18H22ClN3O2S.